The van der Waals surface area contributed by atoms with Gasteiger partial charge in [-0.3, -0.25) is 9.59 Å². The van der Waals surface area contributed by atoms with Crippen LogP contribution in [-0.2, 0) is 14.3 Å². The molecule has 2 heterocycles. The van der Waals surface area contributed by atoms with Crippen LogP contribution in [0.25, 0.3) is 0 Å². The van der Waals surface area contributed by atoms with Crippen molar-refractivity contribution in [3.63, 3.8) is 0 Å². The molecule has 1 aromatic rings. The average Bonchev–Trinajstić information content (AvgIpc) is 3.16. The van der Waals surface area contributed by atoms with Gasteiger partial charge in [0.05, 0.1) is 20.0 Å². The zero-order valence-corrected chi connectivity index (χ0v) is 19.4. The lowest BCUT2D eigenvalue weighted by Crippen LogP contribution is -2.48. The zero-order valence-electron chi connectivity index (χ0n) is 16.2. The van der Waals surface area contributed by atoms with Crippen LogP contribution in [0.2, 0.25) is 10.0 Å². The van der Waals surface area contributed by atoms with E-state index in [4.69, 9.17) is 27.9 Å². The van der Waals surface area contributed by atoms with Crippen molar-refractivity contribution in [3.05, 3.63) is 21.8 Å². The number of rotatable bonds is 4. The summed E-state index contributed by atoms with van der Waals surface area (Å²) in [5, 5.41) is 3.31. The predicted molar refractivity (Wildman–Crippen MR) is 120 cm³/mol. The first-order valence-corrected chi connectivity index (χ1v) is 12.7. The molecule has 1 aromatic heterocycles. The summed E-state index contributed by atoms with van der Waals surface area (Å²) in [5.74, 6) is 2.97. The number of carbonyl (C=O) groups is 2. The number of nitrogens with one attached hydrogen (secondary N) is 1. The smallest absolute Gasteiger partial charge is 0.309 e. The minimum absolute atomic E-state index is 0.106. The SMILES string of the molecule is Cc1c(Cl)cnc(NC(=O)COC(=O)C2C[C@H]3CCC[C@@H](C2)C32SCCS2)c1Cl. The minimum Gasteiger partial charge on any atom is -0.455 e. The largest absolute Gasteiger partial charge is 0.455 e. The fourth-order valence-electron chi connectivity index (χ4n) is 4.87. The number of halogens is 2. The molecule has 1 spiro atoms. The third-order valence-corrected chi connectivity index (χ3v) is 11.1. The predicted octanol–water partition coefficient (Wildman–Crippen LogP) is 5.18. The minimum atomic E-state index is -0.455. The van der Waals surface area contributed by atoms with Crippen molar-refractivity contribution in [2.75, 3.05) is 23.4 Å². The molecule has 5 nitrogen and oxygen atoms in total. The van der Waals surface area contributed by atoms with E-state index in [1.54, 1.807) is 6.92 Å². The van der Waals surface area contributed by atoms with E-state index in [9.17, 15) is 9.59 Å². The van der Waals surface area contributed by atoms with Crippen molar-refractivity contribution in [2.45, 2.75) is 43.1 Å². The molecule has 3 aliphatic rings. The van der Waals surface area contributed by atoms with Crippen molar-refractivity contribution in [3.8, 4) is 0 Å². The molecule has 158 valence electrons. The molecule has 0 aromatic carbocycles. The first kappa shape index (κ1) is 21.6. The molecule has 2 aliphatic carbocycles. The molecule has 2 bridgehead atoms. The van der Waals surface area contributed by atoms with Crippen LogP contribution in [0.15, 0.2) is 6.20 Å². The molecule has 1 N–H and O–H groups in total. The van der Waals surface area contributed by atoms with Crippen LogP contribution < -0.4 is 5.32 Å². The molecule has 4 rings (SSSR count). The monoisotopic (exact) mass is 474 g/mol. The van der Waals surface area contributed by atoms with Crippen molar-refractivity contribution in [2.24, 2.45) is 17.8 Å². The summed E-state index contributed by atoms with van der Waals surface area (Å²) in [6.07, 6.45) is 6.83. The Morgan fingerprint density at radius 3 is 2.55 bits per heavy atom. The first-order chi connectivity index (χ1) is 13.9. The van der Waals surface area contributed by atoms with Gasteiger partial charge in [-0.05, 0) is 50.0 Å². The summed E-state index contributed by atoms with van der Waals surface area (Å²) < 4.78 is 5.68. The lowest BCUT2D eigenvalue weighted by molar-refractivity contribution is -0.154. The Bertz CT molecular complexity index is 801. The number of anilines is 1. The van der Waals surface area contributed by atoms with E-state index >= 15 is 0 Å². The summed E-state index contributed by atoms with van der Waals surface area (Å²) in [5.41, 5.74) is 0.640. The maximum atomic E-state index is 12.7. The second-order valence-corrected chi connectivity index (χ2v) is 11.7. The normalized spacial score (nSPS) is 27.6. The Morgan fingerprint density at radius 1 is 1.24 bits per heavy atom. The summed E-state index contributed by atoms with van der Waals surface area (Å²) in [7, 11) is 0. The van der Waals surface area contributed by atoms with Gasteiger partial charge in [0.1, 0.15) is 0 Å². The van der Waals surface area contributed by atoms with Gasteiger partial charge in [0.25, 0.3) is 5.91 Å². The molecule has 1 aliphatic heterocycles. The number of thioether (sulfide) groups is 2. The maximum absolute atomic E-state index is 12.7. The molecule has 29 heavy (non-hydrogen) atoms. The Labute approximate surface area is 189 Å². The van der Waals surface area contributed by atoms with Crippen LogP contribution in [0.4, 0.5) is 5.82 Å². The third kappa shape index (κ3) is 4.25. The zero-order chi connectivity index (χ0) is 20.6. The van der Waals surface area contributed by atoms with Gasteiger partial charge >= 0.3 is 5.97 Å². The Morgan fingerprint density at radius 2 is 1.90 bits per heavy atom. The van der Waals surface area contributed by atoms with E-state index in [1.165, 1.54) is 37.0 Å². The number of pyridine rings is 1. The molecule has 3 atom stereocenters. The molecule has 9 heteroatoms. The van der Waals surface area contributed by atoms with Crippen LogP contribution >= 0.6 is 46.7 Å². The fraction of sp³-hybridized carbons (Fsp3) is 0.650. The van der Waals surface area contributed by atoms with Crippen LogP contribution in [0, 0.1) is 24.7 Å². The van der Waals surface area contributed by atoms with E-state index in [0.717, 1.165) is 12.8 Å². The van der Waals surface area contributed by atoms with Gasteiger partial charge in [-0.15, -0.1) is 23.5 Å². The van der Waals surface area contributed by atoms with Gasteiger partial charge in [-0.1, -0.05) is 29.6 Å². The molecular formula is C20H24Cl2N2O3S2. The summed E-state index contributed by atoms with van der Waals surface area (Å²) in [6.45, 7) is 1.41. The Kier molecular flexibility index (Phi) is 6.59. The first-order valence-electron chi connectivity index (χ1n) is 9.95. The Balaban J connectivity index is 1.32. The molecule has 2 saturated carbocycles. The van der Waals surface area contributed by atoms with Gasteiger partial charge in [-0.2, -0.15) is 0 Å². The van der Waals surface area contributed by atoms with Gasteiger partial charge in [-0.25, -0.2) is 4.98 Å². The highest BCUT2D eigenvalue weighted by atomic mass is 35.5. The van der Waals surface area contributed by atoms with E-state index in [-0.39, 0.29) is 29.3 Å². The molecule has 1 unspecified atom stereocenters. The lowest BCUT2D eigenvalue weighted by Gasteiger charge is -2.51. The average molecular weight is 475 g/mol. The summed E-state index contributed by atoms with van der Waals surface area (Å²) in [4.78, 5) is 28.9. The third-order valence-electron chi connectivity index (χ3n) is 6.26. The van der Waals surface area contributed by atoms with Crippen molar-refractivity contribution >= 4 is 64.4 Å². The van der Waals surface area contributed by atoms with Crippen LogP contribution in [0.3, 0.4) is 0 Å². The Hall–Kier alpha value is -0.630. The standard InChI is InChI=1S/C20H24Cl2N2O3S2/c1-11-15(21)9-23-18(17(11)22)24-16(25)10-27-19(26)12-7-13-3-2-4-14(8-12)20(13)28-5-6-29-20/h9,12-14H,2-8,10H2,1H3,(H,23,24,25)/t12?,13-,14+. The topological polar surface area (TPSA) is 68.3 Å². The number of amides is 1. The fourth-order valence-corrected chi connectivity index (χ4v) is 9.20. The lowest BCUT2D eigenvalue weighted by atomic mass is 9.67. The van der Waals surface area contributed by atoms with Crippen LogP contribution in [-0.4, -0.2) is 39.1 Å². The number of hydrogen-bond acceptors (Lipinski definition) is 6. The number of carbonyl (C=O) groups excluding carboxylic acids is 2. The number of hydrogen-bond donors (Lipinski definition) is 1. The van der Waals surface area contributed by atoms with Crippen LogP contribution in [0.1, 0.15) is 37.7 Å². The second kappa shape index (κ2) is 8.85. The van der Waals surface area contributed by atoms with Gasteiger partial charge in [0, 0.05) is 17.7 Å². The summed E-state index contributed by atoms with van der Waals surface area (Å²) in [6, 6.07) is 0. The highest BCUT2D eigenvalue weighted by molar-refractivity contribution is 8.21. The number of ether oxygens (including phenoxy) is 1. The summed E-state index contributed by atoms with van der Waals surface area (Å²) >= 11 is 16.4. The van der Waals surface area contributed by atoms with Crippen molar-refractivity contribution in [1.29, 1.82) is 0 Å². The highest BCUT2D eigenvalue weighted by Crippen LogP contribution is 2.64. The molecule has 1 amide bonds. The van der Waals surface area contributed by atoms with E-state index in [2.05, 4.69) is 33.8 Å². The van der Waals surface area contributed by atoms with E-state index < -0.39 is 5.91 Å². The van der Waals surface area contributed by atoms with Gasteiger partial charge < -0.3 is 10.1 Å². The maximum Gasteiger partial charge on any atom is 0.309 e. The number of aromatic nitrogens is 1. The van der Waals surface area contributed by atoms with Gasteiger partial charge in [0.15, 0.2) is 12.4 Å². The second-order valence-electron chi connectivity index (χ2n) is 7.96. The molecule has 0 radical (unpaired) electrons. The van der Waals surface area contributed by atoms with Crippen molar-refractivity contribution < 1.29 is 14.3 Å². The molecule has 1 saturated heterocycles. The number of nitrogens with zero attached hydrogens (tertiary/aromatic N) is 1. The molecular weight excluding hydrogens is 451 g/mol. The van der Waals surface area contributed by atoms with E-state index in [1.807, 2.05) is 0 Å². The highest BCUT2D eigenvalue weighted by Gasteiger charge is 2.55. The van der Waals surface area contributed by atoms with Crippen LogP contribution in [0.5, 0.6) is 0 Å². The quantitative estimate of drug-likeness (QED) is 0.606. The number of esters is 1. The molecule has 3 fully saturated rings. The van der Waals surface area contributed by atoms with Gasteiger partial charge in [0.2, 0.25) is 0 Å². The van der Waals surface area contributed by atoms with Crippen molar-refractivity contribution in [1.82, 2.24) is 4.98 Å². The van der Waals surface area contributed by atoms with E-state index in [0.29, 0.717) is 26.5 Å².